The van der Waals surface area contributed by atoms with Gasteiger partial charge in [0.05, 0.1) is 31.4 Å². The van der Waals surface area contributed by atoms with E-state index in [2.05, 4.69) is 15.9 Å². The summed E-state index contributed by atoms with van der Waals surface area (Å²) in [5, 5.41) is 0. The molecule has 7 heteroatoms. The molecule has 0 radical (unpaired) electrons. The van der Waals surface area contributed by atoms with Crippen LogP contribution in [0.5, 0.6) is 5.75 Å². The minimum atomic E-state index is -0.144. The number of carbonyl (C=O) groups is 2. The molecule has 7 nitrogen and oxygen atoms in total. The molecule has 2 saturated heterocycles. The van der Waals surface area contributed by atoms with E-state index < -0.39 is 0 Å². The van der Waals surface area contributed by atoms with Crippen molar-refractivity contribution in [3.63, 3.8) is 0 Å². The standard InChI is InChI=1S/C22H33N3O4/c1-4-29-22(27)18-9-11-25(12-10-18)21(26)17(2)23-13-15-24(16-14-23)19-7-5-6-8-20(19)28-3/h5-8,17-18H,4,9-16H2,1-3H3. The number of nitrogens with zero attached hydrogens (tertiary/aromatic N) is 3. The molecule has 0 bridgehead atoms. The third-order valence-corrected chi connectivity index (χ3v) is 6.07. The number of anilines is 1. The number of amides is 1. The van der Waals surface area contributed by atoms with Gasteiger partial charge in [0.2, 0.25) is 5.91 Å². The normalized spacial score (nSPS) is 19.7. The van der Waals surface area contributed by atoms with E-state index in [4.69, 9.17) is 9.47 Å². The van der Waals surface area contributed by atoms with Crippen LogP contribution in [-0.2, 0) is 14.3 Å². The Balaban J connectivity index is 1.50. The number of hydrogen-bond donors (Lipinski definition) is 0. The van der Waals surface area contributed by atoms with Gasteiger partial charge in [0.1, 0.15) is 5.75 Å². The van der Waals surface area contributed by atoms with Gasteiger partial charge < -0.3 is 19.3 Å². The van der Waals surface area contributed by atoms with Gasteiger partial charge in [-0.3, -0.25) is 14.5 Å². The zero-order valence-electron chi connectivity index (χ0n) is 17.8. The highest BCUT2D eigenvalue weighted by Crippen LogP contribution is 2.29. The fraction of sp³-hybridized carbons (Fsp3) is 0.636. The van der Waals surface area contributed by atoms with Crippen LogP contribution in [0.1, 0.15) is 26.7 Å². The van der Waals surface area contributed by atoms with Crippen molar-refractivity contribution in [3.8, 4) is 5.75 Å². The Kier molecular flexibility index (Phi) is 7.36. The van der Waals surface area contributed by atoms with Crippen molar-refractivity contribution in [2.24, 2.45) is 5.92 Å². The molecule has 1 aromatic rings. The molecule has 1 amide bonds. The maximum atomic E-state index is 13.0. The van der Waals surface area contributed by atoms with E-state index in [9.17, 15) is 9.59 Å². The number of esters is 1. The molecule has 2 heterocycles. The third kappa shape index (κ3) is 5.01. The second-order valence-corrected chi connectivity index (χ2v) is 7.72. The van der Waals surface area contributed by atoms with Crippen LogP contribution in [0.25, 0.3) is 0 Å². The molecule has 3 rings (SSSR count). The molecule has 0 N–H and O–H groups in total. The number of methoxy groups -OCH3 is 1. The Labute approximate surface area is 173 Å². The predicted molar refractivity (Wildman–Crippen MR) is 112 cm³/mol. The molecule has 2 aliphatic rings. The van der Waals surface area contributed by atoms with Crippen LogP contribution in [0.2, 0.25) is 0 Å². The number of carbonyl (C=O) groups excluding carboxylic acids is 2. The number of piperidine rings is 1. The summed E-state index contributed by atoms with van der Waals surface area (Å²) in [5.74, 6) is 0.853. The fourth-order valence-corrected chi connectivity index (χ4v) is 4.26. The van der Waals surface area contributed by atoms with Gasteiger partial charge in [-0.2, -0.15) is 0 Å². The van der Waals surface area contributed by atoms with Gasteiger partial charge >= 0.3 is 5.97 Å². The number of hydrogen-bond acceptors (Lipinski definition) is 6. The first-order chi connectivity index (χ1) is 14.0. The Morgan fingerprint density at radius 1 is 1.07 bits per heavy atom. The van der Waals surface area contributed by atoms with E-state index in [1.165, 1.54) is 0 Å². The van der Waals surface area contributed by atoms with Crippen LogP contribution < -0.4 is 9.64 Å². The van der Waals surface area contributed by atoms with E-state index in [0.717, 1.165) is 37.6 Å². The summed E-state index contributed by atoms with van der Waals surface area (Å²) in [7, 11) is 1.70. The van der Waals surface area contributed by atoms with Gasteiger partial charge in [0, 0.05) is 39.3 Å². The van der Waals surface area contributed by atoms with Gasteiger partial charge in [-0.15, -0.1) is 0 Å². The first kappa shape index (κ1) is 21.4. The predicted octanol–water partition coefficient (Wildman–Crippen LogP) is 2.01. The largest absolute Gasteiger partial charge is 0.495 e. The quantitative estimate of drug-likeness (QED) is 0.677. The second kappa shape index (κ2) is 9.96. The molecule has 0 aromatic heterocycles. The summed E-state index contributed by atoms with van der Waals surface area (Å²) in [4.78, 5) is 31.4. The zero-order chi connectivity index (χ0) is 20.8. The van der Waals surface area contributed by atoms with Crippen molar-refractivity contribution < 1.29 is 19.1 Å². The summed E-state index contributed by atoms with van der Waals surface area (Å²) < 4.78 is 10.6. The number of para-hydroxylation sites is 2. The van der Waals surface area contributed by atoms with Gasteiger partial charge in [0.25, 0.3) is 0 Å². The smallest absolute Gasteiger partial charge is 0.309 e. The van der Waals surface area contributed by atoms with E-state index in [-0.39, 0.29) is 23.8 Å². The Morgan fingerprint density at radius 3 is 2.34 bits per heavy atom. The minimum Gasteiger partial charge on any atom is -0.495 e. The zero-order valence-corrected chi connectivity index (χ0v) is 17.8. The SMILES string of the molecule is CCOC(=O)C1CCN(C(=O)C(C)N2CCN(c3ccccc3OC)CC2)CC1. The summed E-state index contributed by atoms with van der Waals surface area (Å²) >= 11 is 0. The fourth-order valence-electron chi connectivity index (χ4n) is 4.26. The third-order valence-electron chi connectivity index (χ3n) is 6.07. The first-order valence-corrected chi connectivity index (χ1v) is 10.6. The average Bonchev–Trinajstić information content (AvgIpc) is 2.78. The second-order valence-electron chi connectivity index (χ2n) is 7.72. The number of ether oxygens (including phenoxy) is 2. The maximum absolute atomic E-state index is 13.0. The monoisotopic (exact) mass is 403 g/mol. The molecule has 0 aliphatic carbocycles. The number of benzene rings is 1. The van der Waals surface area contributed by atoms with Crippen molar-refractivity contribution in [3.05, 3.63) is 24.3 Å². The van der Waals surface area contributed by atoms with E-state index in [0.29, 0.717) is 32.5 Å². The summed E-state index contributed by atoms with van der Waals surface area (Å²) in [6.45, 7) is 8.91. The molecule has 0 saturated carbocycles. The number of piperazine rings is 1. The molecule has 1 aromatic carbocycles. The van der Waals surface area contributed by atoms with Crippen molar-refractivity contribution in [1.82, 2.24) is 9.80 Å². The van der Waals surface area contributed by atoms with Crippen molar-refractivity contribution >= 4 is 17.6 Å². The lowest BCUT2D eigenvalue weighted by Crippen LogP contribution is -2.55. The van der Waals surface area contributed by atoms with Crippen LogP contribution in [0.15, 0.2) is 24.3 Å². The molecule has 2 aliphatic heterocycles. The lowest BCUT2D eigenvalue weighted by atomic mass is 9.96. The van der Waals surface area contributed by atoms with E-state index >= 15 is 0 Å². The number of rotatable bonds is 6. The van der Waals surface area contributed by atoms with Crippen LogP contribution in [0, 0.1) is 5.92 Å². The highest BCUT2D eigenvalue weighted by atomic mass is 16.5. The Hall–Kier alpha value is -2.28. The van der Waals surface area contributed by atoms with Crippen LogP contribution >= 0.6 is 0 Å². The van der Waals surface area contributed by atoms with Gasteiger partial charge in [-0.25, -0.2) is 0 Å². The molecular weight excluding hydrogens is 370 g/mol. The van der Waals surface area contributed by atoms with Gasteiger partial charge in [-0.05, 0) is 38.8 Å². The summed E-state index contributed by atoms with van der Waals surface area (Å²) in [5.41, 5.74) is 1.11. The minimum absolute atomic E-state index is 0.0706. The van der Waals surface area contributed by atoms with Gasteiger partial charge in [-0.1, -0.05) is 12.1 Å². The average molecular weight is 404 g/mol. The Bertz CT molecular complexity index is 695. The van der Waals surface area contributed by atoms with Crippen LogP contribution in [-0.4, -0.2) is 80.7 Å². The highest BCUT2D eigenvalue weighted by molar-refractivity contribution is 5.82. The molecule has 1 unspecified atom stereocenters. The van der Waals surface area contributed by atoms with Crippen LogP contribution in [0.3, 0.4) is 0 Å². The topological polar surface area (TPSA) is 62.3 Å². The molecule has 160 valence electrons. The highest BCUT2D eigenvalue weighted by Gasteiger charge is 2.33. The summed E-state index contributed by atoms with van der Waals surface area (Å²) in [6, 6.07) is 7.92. The van der Waals surface area contributed by atoms with E-state index in [1.54, 1.807) is 7.11 Å². The molecule has 1 atom stereocenters. The van der Waals surface area contributed by atoms with E-state index in [1.807, 2.05) is 36.9 Å². The summed E-state index contributed by atoms with van der Waals surface area (Å²) in [6.07, 6.45) is 1.39. The van der Waals surface area contributed by atoms with Crippen molar-refractivity contribution in [2.75, 3.05) is 57.9 Å². The maximum Gasteiger partial charge on any atom is 0.309 e. The molecule has 29 heavy (non-hydrogen) atoms. The van der Waals surface area contributed by atoms with Crippen molar-refractivity contribution in [1.29, 1.82) is 0 Å². The van der Waals surface area contributed by atoms with Crippen molar-refractivity contribution in [2.45, 2.75) is 32.7 Å². The molecule has 2 fully saturated rings. The number of likely N-dealkylation sites (tertiary alicyclic amines) is 1. The van der Waals surface area contributed by atoms with Crippen LogP contribution in [0.4, 0.5) is 5.69 Å². The molecule has 0 spiro atoms. The lowest BCUT2D eigenvalue weighted by molar-refractivity contribution is -0.152. The first-order valence-electron chi connectivity index (χ1n) is 10.6. The lowest BCUT2D eigenvalue weighted by Gasteiger charge is -2.41. The van der Waals surface area contributed by atoms with Gasteiger partial charge in [0.15, 0.2) is 0 Å². The Morgan fingerprint density at radius 2 is 1.72 bits per heavy atom. The molecular formula is C22H33N3O4.